The van der Waals surface area contributed by atoms with E-state index in [2.05, 4.69) is 13.8 Å². The fourth-order valence-electron chi connectivity index (χ4n) is 6.00. The van der Waals surface area contributed by atoms with Crippen molar-refractivity contribution in [2.24, 2.45) is 0 Å². The van der Waals surface area contributed by atoms with E-state index in [1.165, 1.54) is 25.7 Å². The fourth-order valence-corrected chi connectivity index (χ4v) is 6.00. The molecule has 0 radical (unpaired) electrons. The van der Waals surface area contributed by atoms with Gasteiger partial charge < -0.3 is 43.4 Å². The zero-order chi connectivity index (χ0) is 34.8. The van der Waals surface area contributed by atoms with Crippen LogP contribution in [0, 0.1) is 0 Å². The van der Waals surface area contributed by atoms with Crippen LogP contribution in [0.1, 0.15) is 89.7 Å². The van der Waals surface area contributed by atoms with Crippen molar-refractivity contribution in [3.8, 4) is 51.6 Å². The maximum atomic E-state index is 14.0. The molecule has 2 heterocycles. The Balaban J connectivity index is 1.50. The molecule has 2 atom stereocenters. The van der Waals surface area contributed by atoms with Gasteiger partial charge in [0.05, 0.1) is 26.9 Å². The summed E-state index contributed by atoms with van der Waals surface area (Å²) in [6.07, 6.45) is 9.00. The average molecular weight is 677 g/mol. The molecule has 10 heteroatoms. The van der Waals surface area contributed by atoms with Crippen LogP contribution < -0.4 is 29.1 Å². The number of aromatic hydroxyl groups is 2. The Morgan fingerprint density at radius 2 is 1.47 bits per heavy atom. The number of phenols is 2. The van der Waals surface area contributed by atoms with Gasteiger partial charge in [0.15, 0.2) is 41.0 Å². The summed E-state index contributed by atoms with van der Waals surface area (Å²) in [6.45, 7) is 4.79. The van der Waals surface area contributed by atoms with Gasteiger partial charge in [-0.15, -0.1) is 0 Å². The molecule has 1 aliphatic heterocycles. The molecule has 0 amide bonds. The number of fused-ring (bicyclic) bond motifs is 2. The number of aliphatic hydroxyl groups excluding tert-OH is 1. The molecule has 0 saturated heterocycles. The molecule has 4 aromatic rings. The Labute approximate surface area is 287 Å². The minimum absolute atomic E-state index is 0.00684. The number of phenolic OH excluding ortho intramolecular Hbond substituents is 2. The van der Waals surface area contributed by atoms with E-state index in [0.717, 1.165) is 57.8 Å². The topological polar surface area (TPSA) is 137 Å². The summed E-state index contributed by atoms with van der Waals surface area (Å²) in [5, 5.41) is 31.3. The molecule has 0 saturated carbocycles. The first-order chi connectivity index (χ1) is 23.9. The van der Waals surface area contributed by atoms with Gasteiger partial charge in [-0.25, -0.2) is 0 Å². The first kappa shape index (κ1) is 35.7. The molecule has 3 N–H and O–H groups in total. The van der Waals surface area contributed by atoms with Crippen molar-refractivity contribution in [3.05, 3.63) is 64.3 Å². The van der Waals surface area contributed by atoms with E-state index in [-0.39, 0.29) is 46.3 Å². The average Bonchev–Trinajstić information content (AvgIpc) is 3.11. The number of hydrogen-bond acceptors (Lipinski definition) is 10. The number of unbranched alkanes of at least 4 members (excludes halogenated alkanes) is 8. The minimum Gasteiger partial charge on any atom is -0.507 e. The van der Waals surface area contributed by atoms with E-state index >= 15 is 0 Å². The summed E-state index contributed by atoms with van der Waals surface area (Å²) in [5.41, 5.74) is 0.800. The van der Waals surface area contributed by atoms with Gasteiger partial charge in [-0.3, -0.25) is 4.79 Å². The highest BCUT2D eigenvalue weighted by Crippen LogP contribution is 2.45. The van der Waals surface area contributed by atoms with Gasteiger partial charge in [0.25, 0.3) is 0 Å². The Morgan fingerprint density at radius 1 is 0.755 bits per heavy atom. The minimum atomic E-state index is -0.733. The van der Waals surface area contributed by atoms with Gasteiger partial charge in [0.2, 0.25) is 11.2 Å². The van der Waals surface area contributed by atoms with Crippen LogP contribution in [0.4, 0.5) is 0 Å². The zero-order valence-corrected chi connectivity index (χ0v) is 28.7. The molecule has 2 unspecified atom stereocenters. The summed E-state index contributed by atoms with van der Waals surface area (Å²) < 4.78 is 36.2. The third kappa shape index (κ3) is 8.54. The smallest absolute Gasteiger partial charge is 0.239 e. The predicted octanol–water partition coefficient (Wildman–Crippen LogP) is 8.45. The van der Waals surface area contributed by atoms with Gasteiger partial charge in [0, 0.05) is 23.3 Å². The first-order valence-electron chi connectivity index (χ1n) is 17.4. The molecule has 264 valence electrons. The molecular weight excluding hydrogens is 628 g/mol. The Bertz CT molecular complexity index is 1750. The van der Waals surface area contributed by atoms with E-state index in [9.17, 15) is 20.1 Å². The van der Waals surface area contributed by atoms with Crippen molar-refractivity contribution in [2.75, 3.05) is 26.9 Å². The highest BCUT2D eigenvalue weighted by molar-refractivity contribution is 5.88. The normalized spacial score (nSPS) is 15.3. The SMILES string of the molecule is CCCCCCCOc1cc(O)c2c(=O)c(OCCCCCCC)c(-c3ccc4c(c3)OC(c3ccc(O)c(OC)c3)C(CO)O4)oc2c1. The zero-order valence-electron chi connectivity index (χ0n) is 28.7. The molecule has 3 aromatic carbocycles. The van der Waals surface area contributed by atoms with Crippen LogP contribution in [0.3, 0.4) is 0 Å². The van der Waals surface area contributed by atoms with Crippen LogP contribution in [-0.4, -0.2) is 48.4 Å². The van der Waals surface area contributed by atoms with E-state index in [4.69, 9.17) is 28.1 Å². The van der Waals surface area contributed by atoms with Crippen molar-refractivity contribution in [1.82, 2.24) is 0 Å². The lowest BCUT2D eigenvalue weighted by atomic mass is 10.0. The van der Waals surface area contributed by atoms with Gasteiger partial charge in [-0.2, -0.15) is 0 Å². The largest absolute Gasteiger partial charge is 0.507 e. The lowest BCUT2D eigenvalue weighted by Gasteiger charge is -2.33. The highest BCUT2D eigenvalue weighted by atomic mass is 16.6. The number of benzene rings is 3. The van der Waals surface area contributed by atoms with E-state index < -0.39 is 17.6 Å². The summed E-state index contributed by atoms with van der Waals surface area (Å²) in [7, 11) is 1.45. The molecule has 49 heavy (non-hydrogen) atoms. The van der Waals surface area contributed by atoms with Gasteiger partial charge in [0.1, 0.15) is 22.5 Å². The molecule has 5 rings (SSSR count). The third-order valence-corrected chi connectivity index (χ3v) is 8.71. The Hall–Kier alpha value is -4.57. The summed E-state index contributed by atoms with van der Waals surface area (Å²) in [6, 6.07) is 13.0. The van der Waals surface area contributed by atoms with Gasteiger partial charge in [-0.05, 0) is 43.2 Å². The predicted molar refractivity (Wildman–Crippen MR) is 188 cm³/mol. The Morgan fingerprint density at radius 3 is 2.16 bits per heavy atom. The quantitative estimate of drug-likeness (QED) is 0.0881. The number of hydrogen-bond donors (Lipinski definition) is 3. The molecule has 0 bridgehead atoms. The van der Waals surface area contributed by atoms with Crippen molar-refractivity contribution >= 4 is 11.0 Å². The molecule has 0 fully saturated rings. The number of aliphatic hydroxyl groups is 1. The van der Waals surface area contributed by atoms with Crippen LogP contribution in [0.5, 0.6) is 40.2 Å². The van der Waals surface area contributed by atoms with Crippen molar-refractivity contribution in [2.45, 2.75) is 90.3 Å². The van der Waals surface area contributed by atoms with Crippen LogP contribution in [-0.2, 0) is 0 Å². The second-order valence-electron chi connectivity index (χ2n) is 12.4. The van der Waals surface area contributed by atoms with Crippen LogP contribution in [0.15, 0.2) is 57.7 Å². The number of ether oxygens (including phenoxy) is 5. The van der Waals surface area contributed by atoms with Crippen molar-refractivity contribution < 1.29 is 43.4 Å². The standard InChI is InChI=1S/C39H48O10/c1-4-6-8-10-12-18-45-27-22-29(42)35-33(23-27)49-38(39(36(35)43)46-19-13-11-9-7-5-2)26-15-17-30-32(21-26)48-37(34(24-40)47-30)25-14-16-28(41)31(20-25)44-3/h14-17,20-23,34,37,40-42H,4-13,18-19,24H2,1-3H3. The molecular formula is C39H48O10. The third-order valence-electron chi connectivity index (χ3n) is 8.71. The Kier molecular flexibility index (Phi) is 12.5. The van der Waals surface area contributed by atoms with Crippen molar-refractivity contribution in [3.63, 3.8) is 0 Å². The first-order valence-corrected chi connectivity index (χ1v) is 17.4. The summed E-state index contributed by atoms with van der Waals surface area (Å²) in [5.74, 6) is 1.33. The molecule has 0 aliphatic carbocycles. The monoisotopic (exact) mass is 676 g/mol. The molecule has 10 nitrogen and oxygen atoms in total. The van der Waals surface area contributed by atoms with E-state index in [1.807, 2.05) is 0 Å². The number of methoxy groups -OCH3 is 1. The van der Waals surface area contributed by atoms with Crippen LogP contribution in [0.2, 0.25) is 0 Å². The lowest BCUT2D eigenvalue weighted by Crippen LogP contribution is -2.36. The van der Waals surface area contributed by atoms with E-state index in [1.54, 1.807) is 36.4 Å². The summed E-state index contributed by atoms with van der Waals surface area (Å²) in [4.78, 5) is 14.0. The lowest BCUT2D eigenvalue weighted by molar-refractivity contribution is -0.0123. The number of rotatable bonds is 18. The molecule has 1 aromatic heterocycles. The maximum Gasteiger partial charge on any atom is 0.239 e. The molecule has 0 spiro atoms. The van der Waals surface area contributed by atoms with Crippen molar-refractivity contribution in [1.29, 1.82) is 0 Å². The van der Waals surface area contributed by atoms with Gasteiger partial charge >= 0.3 is 0 Å². The van der Waals surface area contributed by atoms with Crippen LogP contribution in [0.25, 0.3) is 22.3 Å². The second kappa shape index (κ2) is 17.2. The summed E-state index contributed by atoms with van der Waals surface area (Å²) >= 11 is 0. The maximum absolute atomic E-state index is 14.0. The van der Waals surface area contributed by atoms with E-state index in [0.29, 0.717) is 41.6 Å². The molecule has 1 aliphatic rings. The van der Waals surface area contributed by atoms with Crippen LogP contribution >= 0.6 is 0 Å². The fraction of sp³-hybridized carbons (Fsp3) is 0.462. The van der Waals surface area contributed by atoms with Gasteiger partial charge in [-0.1, -0.05) is 71.3 Å². The highest BCUT2D eigenvalue weighted by Gasteiger charge is 2.34. The second-order valence-corrected chi connectivity index (χ2v) is 12.4.